The van der Waals surface area contributed by atoms with Gasteiger partial charge in [-0.15, -0.1) is 0 Å². The van der Waals surface area contributed by atoms with Gasteiger partial charge in [-0.1, -0.05) is 37.2 Å². The smallest absolute Gasteiger partial charge is 0.223 e. The number of rotatable bonds is 5. The monoisotopic (exact) mass is 389 g/mol. The van der Waals surface area contributed by atoms with Crippen molar-refractivity contribution in [3.8, 4) is 17.1 Å². The molecule has 0 unspecified atom stereocenters. The maximum atomic E-state index is 12.6. The number of benzene rings is 2. The Hall–Kier alpha value is -3.41. The van der Waals surface area contributed by atoms with E-state index in [0.717, 1.165) is 16.9 Å². The molecule has 0 radical (unpaired) electrons. The number of carbonyl (C=O) groups is 1. The van der Waals surface area contributed by atoms with Crippen molar-refractivity contribution in [1.82, 2.24) is 10.1 Å². The number of hydrogen-bond donors (Lipinski definition) is 0. The van der Waals surface area contributed by atoms with Crippen LogP contribution in [0, 0.1) is 6.92 Å². The number of aromatic nitrogens is 2. The maximum absolute atomic E-state index is 12.6. The molecule has 1 aliphatic heterocycles. The van der Waals surface area contributed by atoms with Crippen LogP contribution in [-0.2, 0) is 10.2 Å². The van der Waals surface area contributed by atoms with Crippen molar-refractivity contribution in [3.63, 3.8) is 0 Å². The fourth-order valence-electron chi connectivity index (χ4n) is 3.72. The Kier molecular flexibility index (Phi) is 4.70. The van der Waals surface area contributed by atoms with Gasteiger partial charge in [-0.25, -0.2) is 0 Å². The zero-order valence-corrected chi connectivity index (χ0v) is 17.0. The summed E-state index contributed by atoms with van der Waals surface area (Å²) in [4.78, 5) is 18.9. The van der Waals surface area contributed by atoms with E-state index < -0.39 is 0 Å². The highest BCUT2D eigenvalue weighted by atomic mass is 16.5. The van der Waals surface area contributed by atoms with Gasteiger partial charge in [-0.3, -0.25) is 4.79 Å². The van der Waals surface area contributed by atoms with E-state index in [2.05, 4.69) is 41.0 Å². The summed E-state index contributed by atoms with van der Waals surface area (Å²) >= 11 is 0. The molecule has 2 aromatic carbocycles. The van der Waals surface area contributed by atoms with Crippen LogP contribution in [0.1, 0.15) is 25.3 Å². The first kappa shape index (κ1) is 18.9. The third-order valence-electron chi connectivity index (χ3n) is 5.26. The van der Waals surface area contributed by atoms with Crippen LogP contribution in [0.2, 0.25) is 0 Å². The second-order valence-corrected chi connectivity index (χ2v) is 7.65. The first-order valence-electron chi connectivity index (χ1n) is 9.48. The van der Waals surface area contributed by atoms with Gasteiger partial charge in [0.15, 0.2) is 12.4 Å². The van der Waals surface area contributed by atoms with Crippen molar-refractivity contribution in [1.29, 1.82) is 0 Å². The van der Waals surface area contributed by atoms with E-state index in [1.807, 2.05) is 31.3 Å². The number of ether oxygens (including phenoxy) is 1. The Bertz CT molecular complexity index is 1080. The molecule has 0 fully saturated rings. The SMILES string of the molecule is Cc1nc(-c2ccc(OCC(=O)/C=C3/N(C)c4ccccc4C3(C)C)cc2)no1. The lowest BCUT2D eigenvalue weighted by atomic mass is 9.83. The Morgan fingerprint density at radius 1 is 1.17 bits per heavy atom. The minimum Gasteiger partial charge on any atom is -0.485 e. The molecule has 1 aliphatic rings. The molecular weight excluding hydrogens is 366 g/mol. The molecule has 0 saturated heterocycles. The molecule has 6 nitrogen and oxygen atoms in total. The van der Waals surface area contributed by atoms with Gasteiger partial charge in [0, 0.05) is 42.4 Å². The fraction of sp³-hybridized carbons (Fsp3) is 0.261. The zero-order chi connectivity index (χ0) is 20.6. The Morgan fingerprint density at radius 2 is 1.90 bits per heavy atom. The summed E-state index contributed by atoms with van der Waals surface area (Å²) in [5, 5.41) is 3.89. The van der Waals surface area contributed by atoms with Crippen molar-refractivity contribution in [2.75, 3.05) is 18.6 Å². The van der Waals surface area contributed by atoms with E-state index >= 15 is 0 Å². The average molecular weight is 389 g/mol. The van der Waals surface area contributed by atoms with Crippen molar-refractivity contribution < 1.29 is 14.1 Å². The van der Waals surface area contributed by atoms with Crippen molar-refractivity contribution in [2.45, 2.75) is 26.2 Å². The topological polar surface area (TPSA) is 68.5 Å². The van der Waals surface area contributed by atoms with Gasteiger partial charge in [-0.05, 0) is 35.9 Å². The zero-order valence-electron chi connectivity index (χ0n) is 17.0. The van der Waals surface area contributed by atoms with Crippen LogP contribution < -0.4 is 9.64 Å². The summed E-state index contributed by atoms with van der Waals surface area (Å²) in [6.45, 7) is 5.99. The summed E-state index contributed by atoms with van der Waals surface area (Å²) in [7, 11) is 1.99. The molecule has 6 heteroatoms. The summed E-state index contributed by atoms with van der Waals surface area (Å²) in [6, 6.07) is 15.5. The van der Waals surface area contributed by atoms with Crippen molar-refractivity contribution >= 4 is 11.5 Å². The molecule has 0 N–H and O–H groups in total. The van der Waals surface area contributed by atoms with E-state index in [0.29, 0.717) is 17.5 Å². The van der Waals surface area contributed by atoms with Gasteiger partial charge in [0.05, 0.1) is 0 Å². The molecule has 0 aliphatic carbocycles. The first-order valence-corrected chi connectivity index (χ1v) is 9.48. The Balaban J connectivity index is 1.44. The Morgan fingerprint density at radius 3 is 2.55 bits per heavy atom. The highest BCUT2D eigenvalue weighted by molar-refractivity contribution is 5.93. The number of likely N-dealkylation sites (N-methyl/N-ethyl adjacent to an activating group) is 1. The average Bonchev–Trinajstić information content (AvgIpc) is 3.23. The first-order chi connectivity index (χ1) is 13.9. The van der Waals surface area contributed by atoms with Crippen LogP contribution in [0.15, 0.2) is 64.8 Å². The predicted octanol–water partition coefficient (Wildman–Crippen LogP) is 4.30. The lowest BCUT2D eigenvalue weighted by Gasteiger charge is -2.23. The van der Waals surface area contributed by atoms with E-state index in [9.17, 15) is 4.79 Å². The Labute approximate surface area is 169 Å². The van der Waals surface area contributed by atoms with Gasteiger partial charge in [0.25, 0.3) is 0 Å². The lowest BCUT2D eigenvalue weighted by molar-refractivity contribution is -0.116. The molecule has 0 spiro atoms. The van der Waals surface area contributed by atoms with Gasteiger partial charge in [0.2, 0.25) is 11.7 Å². The summed E-state index contributed by atoms with van der Waals surface area (Å²) < 4.78 is 10.7. The highest BCUT2D eigenvalue weighted by Crippen LogP contribution is 2.46. The number of anilines is 1. The normalized spacial score (nSPS) is 16.1. The third kappa shape index (κ3) is 3.53. The van der Waals surface area contributed by atoms with Crippen LogP contribution in [0.25, 0.3) is 11.4 Å². The van der Waals surface area contributed by atoms with E-state index in [1.165, 1.54) is 5.56 Å². The number of hydrogen-bond acceptors (Lipinski definition) is 6. The van der Waals surface area contributed by atoms with Crippen molar-refractivity contribution in [2.24, 2.45) is 0 Å². The van der Waals surface area contributed by atoms with Crippen LogP contribution in [0.4, 0.5) is 5.69 Å². The molecule has 4 rings (SSSR count). The molecule has 0 atom stereocenters. The second-order valence-electron chi connectivity index (χ2n) is 7.65. The number of aryl methyl sites for hydroxylation is 1. The summed E-state index contributed by atoms with van der Waals surface area (Å²) in [5.74, 6) is 1.58. The van der Waals surface area contributed by atoms with E-state index in [4.69, 9.17) is 9.26 Å². The van der Waals surface area contributed by atoms with Gasteiger partial charge in [0.1, 0.15) is 5.75 Å². The minimum atomic E-state index is -0.231. The molecule has 0 bridgehead atoms. The molecular formula is C23H23N3O3. The molecule has 1 aromatic heterocycles. The number of nitrogens with zero attached hydrogens (tertiary/aromatic N) is 3. The second kappa shape index (κ2) is 7.20. The van der Waals surface area contributed by atoms with E-state index in [-0.39, 0.29) is 17.8 Å². The molecule has 0 saturated carbocycles. The van der Waals surface area contributed by atoms with Gasteiger partial charge in [-0.2, -0.15) is 4.98 Å². The fourth-order valence-corrected chi connectivity index (χ4v) is 3.72. The number of carbonyl (C=O) groups excluding carboxylic acids is 1. The van der Waals surface area contributed by atoms with Crippen LogP contribution in [0.5, 0.6) is 5.75 Å². The predicted molar refractivity (Wildman–Crippen MR) is 111 cm³/mol. The number of fused-ring (bicyclic) bond motifs is 1. The quantitative estimate of drug-likeness (QED) is 0.606. The van der Waals surface area contributed by atoms with E-state index in [1.54, 1.807) is 25.1 Å². The van der Waals surface area contributed by atoms with Gasteiger partial charge >= 0.3 is 0 Å². The molecule has 3 aromatic rings. The molecule has 2 heterocycles. The molecule has 0 amide bonds. The number of ketones is 1. The maximum Gasteiger partial charge on any atom is 0.223 e. The summed E-state index contributed by atoms with van der Waals surface area (Å²) in [5.41, 5.74) is 3.91. The summed E-state index contributed by atoms with van der Waals surface area (Å²) in [6.07, 6.45) is 1.69. The largest absolute Gasteiger partial charge is 0.485 e. The third-order valence-corrected chi connectivity index (χ3v) is 5.26. The van der Waals surface area contributed by atoms with Crippen LogP contribution in [-0.4, -0.2) is 29.6 Å². The highest BCUT2D eigenvalue weighted by Gasteiger charge is 2.38. The van der Waals surface area contributed by atoms with Crippen LogP contribution >= 0.6 is 0 Å². The number of allylic oxidation sites excluding steroid dienone is 1. The van der Waals surface area contributed by atoms with Crippen molar-refractivity contribution in [3.05, 3.63) is 71.8 Å². The number of para-hydroxylation sites is 1. The van der Waals surface area contributed by atoms with Crippen LogP contribution in [0.3, 0.4) is 0 Å². The lowest BCUT2D eigenvalue weighted by Crippen LogP contribution is -2.25. The molecule has 148 valence electrons. The minimum absolute atomic E-state index is 0.0234. The van der Waals surface area contributed by atoms with Gasteiger partial charge < -0.3 is 14.2 Å². The standard InChI is InChI=1S/C23H23N3O3/c1-15-24-22(25-29-15)16-9-11-18(12-10-16)28-14-17(27)13-21-23(2,3)19-7-5-6-8-20(19)26(21)4/h5-13H,14H2,1-4H3/b21-13+. The molecule has 29 heavy (non-hydrogen) atoms.